The van der Waals surface area contributed by atoms with E-state index in [0.29, 0.717) is 0 Å². The summed E-state index contributed by atoms with van der Waals surface area (Å²) in [5.41, 5.74) is 8.19. The van der Waals surface area contributed by atoms with Gasteiger partial charge in [0.25, 0.3) is 0 Å². The highest BCUT2D eigenvalue weighted by molar-refractivity contribution is 5.41. The molecule has 1 heteroatoms. The summed E-state index contributed by atoms with van der Waals surface area (Å²) in [6, 6.07) is 8.45. The van der Waals surface area contributed by atoms with E-state index in [1.54, 1.807) is 0 Å². The first-order valence-electron chi connectivity index (χ1n) is 6.15. The molecule has 0 radical (unpaired) electrons. The minimum absolute atomic E-state index is 0.757. The molecule has 1 aliphatic rings. The molecular formula is C14H21N. The molecule has 1 aromatic rings. The van der Waals surface area contributed by atoms with Crippen LogP contribution in [0.1, 0.15) is 50.5 Å². The lowest BCUT2D eigenvalue weighted by molar-refractivity contribution is 0.314. The zero-order valence-corrected chi connectivity index (χ0v) is 9.58. The summed E-state index contributed by atoms with van der Waals surface area (Å²) in [5, 5.41) is 0. The van der Waals surface area contributed by atoms with E-state index in [1.165, 1.54) is 37.7 Å². The number of benzene rings is 1. The fourth-order valence-corrected chi connectivity index (χ4v) is 2.78. The first kappa shape index (κ1) is 10.5. The van der Waals surface area contributed by atoms with E-state index in [9.17, 15) is 0 Å². The average Bonchev–Trinajstić information content (AvgIpc) is 2.29. The molecule has 0 spiro atoms. The minimum atomic E-state index is 0.757. The van der Waals surface area contributed by atoms with E-state index in [1.807, 2.05) is 6.07 Å². The standard InChI is InChI=1S/C14H21N/c1-2-11-5-3-6-12(9-11)13-7-4-8-14(15)10-13/h4,7-8,10-12H,2-3,5-6,9,15H2,1H3/t11-,12-/m0/s1. The van der Waals surface area contributed by atoms with Gasteiger partial charge in [0.05, 0.1) is 0 Å². The van der Waals surface area contributed by atoms with Crippen molar-refractivity contribution in [2.24, 2.45) is 5.92 Å². The molecule has 2 rings (SSSR count). The molecule has 2 N–H and O–H groups in total. The quantitative estimate of drug-likeness (QED) is 0.723. The van der Waals surface area contributed by atoms with Gasteiger partial charge in [-0.15, -0.1) is 0 Å². The second-order valence-electron chi connectivity index (χ2n) is 4.81. The molecule has 82 valence electrons. The van der Waals surface area contributed by atoms with Crippen LogP contribution in [-0.2, 0) is 0 Å². The zero-order chi connectivity index (χ0) is 10.7. The van der Waals surface area contributed by atoms with Crippen molar-refractivity contribution in [2.45, 2.75) is 44.9 Å². The maximum Gasteiger partial charge on any atom is 0.0316 e. The molecule has 1 nitrogen and oxygen atoms in total. The molecule has 0 heterocycles. The largest absolute Gasteiger partial charge is 0.399 e. The highest BCUT2D eigenvalue weighted by Gasteiger charge is 2.21. The Hall–Kier alpha value is -0.980. The van der Waals surface area contributed by atoms with Gasteiger partial charge in [0.1, 0.15) is 0 Å². The number of rotatable bonds is 2. The van der Waals surface area contributed by atoms with E-state index in [-0.39, 0.29) is 0 Å². The molecule has 1 aromatic carbocycles. The highest BCUT2D eigenvalue weighted by Crippen LogP contribution is 2.37. The van der Waals surface area contributed by atoms with Gasteiger partial charge in [-0.25, -0.2) is 0 Å². The maximum absolute atomic E-state index is 5.83. The van der Waals surface area contributed by atoms with Crippen molar-refractivity contribution in [1.29, 1.82) is 0 Å². The van der Waals surface area contributed by atoms with Gasteiger partial charge in [0.15, 0.2) is 0 Å². The van der Waals surface area contributed by atoms with E-state index in [4.69, 9.17) is 5.73 Å². The topological polar surface area (TPSA) is 26.0 Å². The summed E-state index contributed by atoms with van der Waals surface area (Å²) >= 11 is 0. The van der Waals surface area contributed by atoms with E-state index in [0.717, 1.165) is 17.5 Å². The number of nitrogen functional groups attached to an aromatic ring is 1. The van der Waals surface area contributed by atoms with Crippen LogP contribution in [0.3, 0.4) is 0 Å². The lowest BCUT2D eigenvalue weighted by atomic mass is 9.77. The summed E-state index contributed by atoms with van der Waals surface area (Å²) in [6.07, 6.45) is 6.85. The molecule has 2 atom stereocenters. The van der Waals surface area contributed by atoms with Crippen LogP contribution in [0.5, 0.6) is 0 Å². The van der Waals surface area contributed by atoms with Crippen molar-refractivity contribution in [3.63, 3.8) is 0 Å². The second-order valence-corrected chi connectivity index (χ2v) is 4.81. The van der Waals surface area contributed by atoms with E-state index in [2.05, 4.69) is 25.1 Å². The first-order chi connectivity index (χ1) is 7.29. The Labute approximate surface area is 92.7 Å². The minimum Gasteiger partial charge on any atom is -0.399 e. The van der Waals surface area contributed by atoms with Gasteiger partial charge >= 0.3 is 0 Å². The van der Waals surface area contributed by atoms with Crippen LogP contribution in [0.4, 0.5) is 5.69 Å². The van der Waals surface area contributed by atoms with Crippen LogP contribution >= 0.6 is 0 Å². The smallest absolute Gasteiger partial charge is 0.0316 e. The Bertz CT molecular complexity index is 319. The molecule has 0 amide bonds. The Morgan fingerprint density at radius 3 is 2.93 bits per heavy atom. The van der Waals surface area contributed by atoms with Crippen LogP contribution < -0.4 is 5.73 Å². The number of anilines is 1. The van der Waals surface area contributed by atoms with Crippen LogP contribution in [0.15, 0.2) is 24.3 Å². The van der Waals surface area contributed by atoms with Crippen molar-refractivity contribution >= 4 is 5.69 Å². The molecular weight excluding hydrogens is 182 g/mol. The van der Waals surface area contributed by atoms with Gasteiger partial charge in [-0.1, -0.05) is 38.3 Å². The normalized spacial score (nSPS) is 26.5. The molecule has 0 aromatic heterocycles. The van der Waals surface area contributed by atoms with Crippen molar-refractivity contribution in [3.8, 4) is 0 Å². The van der Waals surface area contributed by atoms with Gasteiger partial charge in [-0.05, 0) is 42.4 Å². The molecule has 1 aliphatic carbocycles. The molecule has 0 bridgehead atoms. The third kappa shape index (κ3) is 2.53. The number of hydrogen-bond acceptors (Lipinski definition) is 1. The van der Waals surface area contributed by atoms with Gasteiger partial charge in [0, 0.05) is 5.69 Å². The number of nitrogens with two attached hydrogens (primary N) is 1. The first-order valence-corrected chi connectivity index (χ1v) is 6.15. The maximum atomic E-state index is 5.83. The zero-order valence-electron chi connectivity index (χ0n) is 9.58. The average molecular weight is 203 g/mol. The Balaban J connectivity index is 2.09. The van der Waals surface area contributed by atoms with Crippen LogP contribution in [0, 0.1) is 5.92 Å². The Kier molecular flexibility index (Phi) is 3.30. The third-order valence-electron chi connectivity index (χ3n) is 3.74. The fourth-order valence-electron chi connectivity index (χ4n) is 2.78. The fraction of sp³-hybridized carbons (Fsp3) is 0.571. The molecule has 0 unspecified atom stereocenters. The van der Waals surface area contributed by atoms with Crippen molar-refractivity contribution in [1.82, 2.24) is 0 Å². The summed E-state index contributed by atoms with van der Waals surface area (Å²) in [5.74, 6) is 1.69. The summed E-state index contributed by atoms with van der Waals surface area (Å²) in [4.78, 5) is 0. The van der Waals surface area contributed by atoms with Crippen LogP contribution in [0.25, 0.3) is 0 Å². The predicted molar refractivity (Wildman–Crippen MR) is 65.8 cm³/mol. The lowest BCUT2D eigenvalue weighted by Crippen LogP contribution is -2.13. The summed E-state index contributed by atoms with van der Waals surface area (Å²) in [6.45, 7) is 2.31. The van der Waals surface area contributed by atoms with Gasteiger partial charge < -0.3 is 5.73 Å². The third-order valence-corrected chi connectivity index (χ3v) is 3.74. The van der Waals surface area contributed by atoms with Crippen LogP contribution in [-0.4, -0.2) is 0 Å². The number of hydrogen-bond donors (Lipinski definition) is 1. The molecule has 15 heavy (non-hydrogen) atoms. The van der Waals surface area contributed by atoms with Crippen molar-refractivity contribution in [2.75, 3.05) is 5.73 Å². The van der Waals surface area contributed by atoms with Crippen LogP contribution in [0.2, 0.25) is 0 Å². The van der Waals surface area contributed by atoms with Gasteiger partial charge in [0.2, 0.25) is 0 Å². The lowest BCUT2D eigenvalue weighted by Gasteiger charge is -2.28. The molecule has 0 saturated heterocycles. The summed E-state index contributed by atoms with van der Waals surface area (Å²) < 4.78 is 0. The SMILES string of the molecule is CC[C@H]1CCC[C@H](c2cccc(N)c2)C1. The second kappa shape index (κ2) is 4.69. The van der Waals surface area contributed by atoms with Crippen molar-refractivity contribution < 1.29 is 0 Å². The molecule has 1 saturated carbocycles. The van der Waals surface area contributed by atoms with E-state index < -0.39 is 0 Å². The van der Waals surface area contributed by atoms with Gasteiger partial charge in [-0.3, -0.25) is 0 Å². The van der Waals surface area contributed by atoms with Crippen molar-refractivity contribution in [3.05, 3.63) is 29.8 Å². The van der Waals surface area contributed by atoms with E-state index >= 15 is 0 Å². The highest BCUT2D eigenvalue weighted by atomic mass is 14.5. The Morgan fingerprint density at radius 2 is 2.20 bits per heavy atom. The molecule has 0 aliphatic heterocycles. The predicted octanol–water partition coefficient (Wildman–Crippen LogP) is 3.95. The van der Waals surface area contributed by atoms with Gasteiger partial charge in [-0.2, -0.15) is 0 Å². The Morgan fingerprint density at radius 1 is 1.33 bits per heavy atom. The molecule has 1 fully saturated rings. The summed E-state index contributed by atoms with van der Waals surface area (Å²) in [7, 11) is 0. The monoisotopic (exact) mass is 203 g/mol.